The van der Waals surface area contributed by atoms with Gasteiger partial charge in [0.1, 0.15) is 17.9 Å². The molecule has 3 aromatic rings. The van der Waals surface area contributed by atoms with Gasteiger partial charge in [0.05, 0.1) is 5.52 Å². The van der Waals surface area contributed by atoms with Crippen LogP contribution in [0.2, 0.25) is 0 Å². The van der Waals surface area contributed by atoms with Gasteiger partial charge in [-0.3, -0.25) is 29.3 Å². The molecule has 1 N–H and O–H groups in total. The molecule has 0 radical (unpaired) electrons. The van der Waals surface area contributed by atoms with E-state index < -0.39 is 11.9 Å². The molecule has 2 fully saturated rings. The minimum absolute atomic E-state index is 0.0820. The standard InChI is InChI=1S/C26H27N5O4/c1-29-13-18-10-16(2-5-22(18)28-29)12-30-9-8-20(15-30)35-19-3-4-21-17(11-19)14-31(26(21)34)23-6-7-24(32)27-25(23)33/h2-5,10-11,13,20,23H,6-9,12,14-15H2,1H3,(H,27,32,33)/t20-,23?/m0/s1. The maximum atomic E-state index is 12.9. The Kier molecular flexibility index (Phi) is 5.29. The number of amides is 3. The number of rotatable bonds is 5. The van der Waals surface area contributed by atoms with Crippen molar-refractivity contribution >= 4 is 28.6 Å². The summed E-state index contributed by atoms with van der Waals surface area (Å²) in [5.41, 5.74) is 3.72. The number of nitrogens with zero attached hydrogens (tertiary/aromatic N) is 4. The van der Waals surface area contributed by atoms with Crippen LogP contribution < -0.4 is 10.1 Å². The SMILES string of the molecule is Cn1cc2cc(CN3CC[C@H](Oc4ccc5c(c4)CN(C4CCC(=O)NC4=O)C5=O)C3)ccc2n1. The van der Waals surface area contributed by atoms with E-state index in [1.165, 1.54) is 5.56 Å². The van der Waals surface area contributed by atoms with Crippen molar-refractivity contribution < 1.29 is 19.1 Å². The highest BCUT2D eigenvalue weighted by Gasteiger charge is 2.39. The van der Waals surface area contributed by atoms with E-state index >= 15 is 0 Å². The van der Waals surface area contributed by atoms with Gasteiger partial charge in [-0.05, 0) is 54.3 Å². The summed E-state index contributed by atoms with van der Waals surface area (Å²) in [6, 6.07) is 11.3. The first-order valence-corrected chi connectivity index (χ1v) is 12.0. The first kappa shape index (κ1) is 21.8. The first-order valence-electron chi connectivity index (χ1n) is 12.0. The summed E-state index contributed by atoms with van der Waals surface area (Å²) in [4.78, 5) is 40.6. The van der Waals surface area contributed by atoms with Crippen LogP contribution in [0.3, 0.4) is 0 Å². The van der Waals surface area contributed by atoms with E-state index in [9.17, 15) is 14.4 Å². The third-order valence-electron chi connectivity index (χ3n) is 7.12. The second-order valence-corrected chi connectivity index (χ2v) is 9.68. The number of hydrogen-bond donors (Lipinski definition) is 1. The van der Waals surface area contributed by atoms with Crippen LogP contribution in [0.5, 0.6) is 5.75 Å². The monoisotopic (exact) mass is 473 g/mol. The van der Waals surface area contributed by atoms with Crippen LogP contribution in [0.4, 0.5) is 0 Å². The Balaban J connectivity index is 1.08. The molecule has 1 unspecified atom stereocenters. The number of hydrogen-bond acceptors (Lipinski definition) is 6. The minimum Gasteiger partial charge on any atom is -0.489 e. The Morgan fingerprint density at radius 3 is 2.86 bits per heavy atom. The Morgan fingerprint density at radius 1 is 1.11 bits per heavy atom. The number of aryl methyl sites for hydroxylation is 1. The predicted molar refractivity (Wildman–Crippen MR) is 128 cm³/mol. The molecule has 35 heavy (non-hydrogen) atoms. The molecule has 180 valence electrons. The molecule has 3 aliphatic heterocycles. The maximum absolute atomic E-state index is 12.9. The van der Waals surface area contributed by atoms with Gasteiger partial charge < -0.3 is 9.64 Å². The lowest BCUT2D eigenvalue weighted by Crippen LogP contribution is -2.52. The molecule has 0 spiro atoms. The lowest BCUT2D eigenvalue weighted by atomic mass is 10.0. The third-order valence-corrected chi connectivity index (χ3v) is 7.12. The smallest absolute Gasteiger partial charge is 0.255 e. The first-order chi connectivity index (χ1) is 16.9. The van der Waals surface area contributed by atoms with Crippen LogP contribution >= 0.6 is 0 Å². The van der Waals surface area contributed by atoms with Crippen LogP contribution in [0, 0.1) is 0 Å². The molecule has 0 aliphatic carbocycles. The van der Waals surface area contributed by atoms with Crippen LogP contribution in [0.1, 0.15) is 40.7 Å². The van der Waals surface area contributed by atoms with Crippen molar-refractivity contribution in [2.24, 2.45) is 7.05 Å². The van der Waals surface area contributed by atoms with E-state index in [0.717, 1.165) is 48.3 Å². The maximum Gasteiger partial charge on any atom is 0.255 e. The number of likely N-dealkylation sites (tertiary alicyclic amines) is 1. The van der Waals surface area contributed by atoms with Gasteiger partial charge in [0.15, 0.2) is 0 Å². The van der Waals surface area contributed by atoms with E-state index in [1.54, 1.807) is 11.0 Å². The largest absolute Gasteiger partial charge is 0.489 e. The van der Waals surface area contributed by atoms with Gasteiger partial charge in [-0.2, -0.15) is 5.10 Å². The second-order valence-electron chi connectivity index (χ2n) is 9.68. The van der Waals surface area contributed by atoms with Crippen molar-refractivity contribution in [1.82, 2.24) is 24.9 Å². The summed E-state index contributed by atoms with van der Waals surface area (Å²) in [5, 5.41) is 7.93. The van der Waals surface area contributed by atoms with Gasteiger partial charge in [-0.25, -0.2) is 0 Å². The lowest BCUT2D eigenvalue weighted by molar-refractivity contribution is -0.136. The van der Waals surface area contributed by atoms with Gasteiger partial charge >= 0.3 is 0 Å². The molecule has 3 aliphatic rings. The average Bonchev–Trinajstić information content (AvgIpc) is 3.50. The van der Waals surface area contributed by atoms with Crippen LogP contribution in [-0.2, 0) is 29.7 Å². The quantitative estimate of drug-likeness (QED) is 0.570. The molecule has 0 saturated carbocycles. The molecular weight excluding hydrogens is 446 g/mol. The molecule has 9 heteroatoms. The molecule has 6 rings (SSSR count). The molecule has 2 atom stereocenters. The Bertz CT molecular complexity index is 1350. The zero-order valence-electron chi connectivity index (χ0n) is 19.6. The van der Waals surface area contributed by atoms with E-state index in [1.807, 2.05) is 30.1 Å². The highest BCUT2D eigenvalue weighted by Crippen LogP contribution is 2.31. The third kappa shape index (κ3) is 4.16. The Hall–Kier alpha value is -3.72. The summed E-state index contributed by atoms with van der Waals surface area (Å²) in [6.07, 6.45) is 3.67. The fraction of sp³-hybridized carbons (Fsp3) is 0.385. The predicted octanol–water partition coefficient (Wildman–Crippen LogP) is 1.99. The normalized spacial score (nSPS) is 22.7. The minimum atomic E-state index is -0.605. The number of aromatic nitrogens is 2. The topological polar surface area (TPSA) is 96.8 Å². The molecule has 1 aromatic heterocycles. The second kappa shape index (κ2) is 8.49. The van der Waals surface area contributed by atoms with E-state index in [4.69, 9.17) is 4.74 Å². The summed E-state index contributed by atoms with van der Waals surface area (Å²) >= 11 is 0. The zero-order valence-corrected chi connectivity index (χ0v) is 19.6. The van der Waals surface area contributed by atoms with Crippen LogP contribution in [0.15, 0.2) is 42.6 Å². The highest BCUT2D eigenvalue weighted by molar-refractivity contribution is 6.05. The Labute approximate surface area is 202 Å². The lowest BCUT2D eigenvalue weighted by Gasteiger charge is -2.29. The van der Waals surface area contributed by atoms with E-state index in [-0.39, 0.29) is 24.3 Å². The zero-order chi connectivity index (χ0) is 24.1. The number of nitrogens with one attached hydrogen (secondary N) is 1. The van der Waals surface area contributed by atoms with E-state index in [0.29, 0.717) is 18.5 Å². The van der Waals surface area contributed by atoms with Crippen molar-refractivity contribution in [2.75, 3.05) is 13.1 Å². The van der Waals surface area contributed by atoms with Gasteiger partial charge in [0.2, 0.25) is 11.8 Å². The number of carbonyl (C=O) groups excluding carboxylic acids is 3. The summed E-state index contributed by atoms with van der Waals surface area (Å²) in [7, 11) is 1.93. The van der Waals surface area contributed by atoms with Crippen LogP contribution in [-0.4, -0.2) is 62.5 Å². The van der Waals surface area contributed by atoms with Gasteiger partial charge in [-0.1, -0.05) is 6.07 Å². The number of fused-ring (bicyclic) bond motifs is 2. The van der Waals surface area contributed by atoms with Gasteiger partial charge in [0.25, 0.3) is 5.91 Å². The number of imide groups is 1. The molecule has 2 saturated heterocycles. The highest BCUT2D eigenvalue weighted by atomic mass is 16.5. The molecule has 2 aromatic carbocycles. The van der Waals surface area contributed by atoms with Crippen molar-refractivity contribution in [3.05, 3.63) is 59.3 Å². The van der Waals surface area contributed by atoms with Crippen molar-refractivity contribution in [1.29, 1.82) is 0 Å². The van der Waals surface area contributed by atoms with Crippen molar-refractivity contribution in [3.63, 3.8) is 0 Å². The Morgan fingerprint density at radius 2 is 2.00 bits per heavy atom. The van der Waals surface area contributed by atoms with Gasteiger partial charge in [0, 0.05) is 56.8 Å². The van der Waals surface area contributed by atoms with E-state index in [2.05, 4.69) is 33.5 Å². The fourth-order valence-corrected chi connectivity index (χ4v) is 5.41. The van der Waals surface area contributed by atoms with Crippen molar-refractivity contribution in [3.8, 4) is 5.75 Å². The molecule has 0 bridgehead atoms. The van der Waals surface area contributed by atoms with Gasteiger partial charge in [-0.15, -0.1) is 0 Å². The summed E-state index contributed by atoms with van der Waals surface area (Å²) in [6.45, 7) is 3.02. The molecule has 9 nitrogen and oxygen atoms in total. The molecular formula is C26H27N5O4. The van der Waals surface area contributed by atoms with Crippen molar-refractivity contribution in [2.45, 2.75) is 44.5 Å². The summed E-state index contributed by atoms with van der Waals surface area (Å²) < 4.78 is 8.12. The molecule has 4 heterocycles. The number of benzene rings is 2. The number of ether oxygens (including phenoxy) is 1. The molecule has 3 amide bonds. The summed E-state index contributed by atoms with van der Waals surface area (Å²) in [5.74, 6) is -0.106. The number of piperidine rings is 1. The fourth-order valence-electron chi connectivity index (χ4n) is 5.41. The average molecular weight is 474 g/mol. The van der Waals surface area contributed by atoms with Crippen LogP contribution in [0.25, 0.3) is 10.9 Å². The number of carbonyl (C=O) groups is 3.